The Morgan fingerprint density at radius 2 is 2.00 bits per heavy atom. The number of carbonyl (C=O) groups is 2. The van der Waals surface area contributed by atoms with Crippen LogP contribution in [0.15, 0.2) is 42.6 Å². The van der Waals surface area contributed by atoms with Crippen molar-refractivity contribution in [1.82, 2.24) is 9.88 Å². The SMILES string of the molecule is Cc1ccc(OCc2cccc(C(=O)N(CCC(=O)O)CC(C)C)c2)cn1. The van der Waals surface area contributed by atoms with Gasteiger partial charge >= 0.3 is 5.97 Å². The molecule has 0 fully saturated rings. The fourth-order valence-electron chi connectivity index (χ4n) is 2.63. The monoisotopic (exact) mass is 370 g/mol. The quantitative estimate of drug-likeness (QED) is 0.730. The lowest BCUT2D eigenvalue weighted by molar-refractivity contribution is -0.137. The number of hydrogen-bond acceptors (Lipinski definition) is 4. The number of aromatic nitrogens is 1. The molecule has 6 heteroatoms. The minimum Gasteiger partial charge on any atom is -0.487 e. The van der Waals surface area contributed by atoms with Crippen molar-refractivity contribution >= 4 is 11.9 Å². The summed E-state index contributed by atoms with van der Waals surface area (Å²) in [7, 11) is 0. The van der Waals surface area contributed by atoms with E-state index in [-0.39, 0.29) is 24.8 Å². The summed E-state index contributed by atoms with van der Waals surface area (Å²) in [5, 5.41) is 8.93. The van der Waals surface area contributed by atoms with Crippen molar-refractivity contribution < 1.29 is 19.4 Å². The van der Waals surface area contributed by atoms with E-state index in [0.717, 1.165) is 11.3 Å². The van der Waals surface area contributed by atoms with E-state index in [1.54, 1.807) is 23.2 Å². The summed E-state index contributed by atoms with van der Waals surface area (Å²) in [4.78, 5) is 29.5. The summed E-state index contributed by atoms with van der Waals surface area (Å²) < 4.78 is 5.72. The van der Waals surface area contributed by atoms with Crippen LogP contribution in [0.25, 0.3) is 0 Å². The summed E-state index contributed by atoms with van der Waals surface area (Å²) in [6.07, 6.45) is 1.60. The van der Waals surface area contributed by atoms with Crippen molar-refractivity contribution in [2.24, 2.45) is 5.92 Å². The number of benzene rings is 1. The Morgan fingerprint density at radius 1 is 1.22 bits per heavy atom. The molecule has 2 aromatic rings. The summed E-state index contributed by atoms with van der Waals surface area (Å²) in [6, 6.07) is 11.0. The summed E-state index contributed by atoms with van der Waals surface area (Å²) in [5.74, 6) is -0.155. The first-order chi connectivity index (χ1) is 12.8. The first-order valence-electron chi connectivity index (χ1n) is 9.00. The van der Waals surface area contributed by atoms with E-state index in [1.807, 2.05) is 45.0 Å². The van der Waals surface area contributed by atoms with Crippen molar-refractivity contribution in [2.75, 3.05) is 13.1 Å². The minimum atomic E-state index is -0.912. The molecule has 6 nitrogen and oxygen atoms in total. The normalized spacial score (nSPS) is 10.7. The molecule has 0 aliphatic rings. The molecule has 0 radical (unpaired) electrons. The topological polar surface area (TPSA) is 79.7 Å². The molecule has 0 aliphatic heterocycles. The van der Waals surface area contributed by atoms with E-state index in [1.165, 1.54) is 0 Å². The van der Waals surface area contributed by atoms with Gasteiger partial charge < -0.3 is 14.7 Å². The van der Waals surface area contributed by atoms with Crippen molar-refractivity contribution in [1.29, 1.82) is 0 Å². The fourth-order valence-corrected chi connectivity index (χ4v) is 2.63. The number of carbonyl (C=O) groups excluding carboxylic acids is 1. The average molecular weight is 370 g/mol. The maximum Gasteiger partial charge on any atom is 0.305 e. The highest BCUT2D eigenvalue weighted by molar-refractivity contribution is 5.94. The zero-order valence-corrected chi connectivity index (χ0v) is 16.0. The van der Waals surface area contributed by atoms with Crippen molar-refractivity contribution in [3.05, 3.63) is 59.4 Å². The molecule has 0 saturated heterocycles. The standard InChI is InChI=1S/C21H26N2O4/c1-15(2)13-23(10-9-20(24)25)21(26)18-6-4-5-17(11-18)14-27-19-8-7-16(3)22-12-19/h4-8,11-12,15H,9-10,13-14H2,1-3H3,(H,24,25). The van der Waals surface area contributed by atoms with Gasteiger partial charge in [-0.3, -0.25) is 14.6 Å². The predicted octanol–water partition coefficient (Wildman–Crippen LogP) is 3.54. The Balaban J connectivity index is 2.07. The molecule has 27 heavy (non-hydrogen) atoms. The van der Waals surface area contributed by atoms with Gasteiger partial charge in [-0.2, -0.15) is 0 Å². The molecular formula is C21H26N2O4. The number of aliphatic carboxylic acids is 1. The number of rotatable bonds is 9. The van der Waals surface area contributed by atoms with Crippen LogP contribution in [-0.2, 0) is 11.4 Å². The van der Waals surface area contributed by atoms with Gasteiger partial charge in [0, 0.05) is 24.3 Å². The highest BCUT2D eigenvalue weighted by Gasteiger charge is 2.18. The van der Waals surface area contributed by atoms with Crippen LogP contribution in [0, 0.1) is 12.8 Å². The molecule has 1 N–H and O–H groups in total. The third-order valence-corrected chi connectivity index (χ3v) is 3.93. The maximum absolute atomic E-state index is 12.8. The Bertz CT molecular complexity index is 772. The third-order valence-electron chi connectivity index (χ3n) is 3.93. The molecule has 0 unspecified atom stereocenters. The van der Waals surface area contributed by atoms with Crippen LogP contribution < -0.4 is 4.74 Å². The molecule has 0 aliphatic carbocycles. The molecule has 1 heterocycles. The van der Waals surface area contributed by atoms with E-state index >= 15 is 0 Å². The minimum absolute atomic E-state index is 0.0678. The molecule has 2 rings (SSSR count). The number of pyridine rings is 1. The Kier molecular flexibility index (Phi) is 7.34. The second-order valence-corrected chi connectivity index (χ2v) is 6.91. The largest absolute Gasteiger partial charge is 0.487 e. The van der Waals surface area contributed by atoms with E-state index in [9.17, 15) is 9.59 Å². The molecule has 0 saturated carbocycles. The van der Waals surface area contributed by atoms with Crippen molar-refractivity contribution in [3.63, 3.8) is 0 Å². The molecule has 0 atom stereocenters. The number of ether oxygens (including phenoxy) is 1. The molecule has 0 bridgehead atoms. The van der Waals surface area contributed by atoms with Crippen LogP contribution in [0.5, 0.6) is 5.75 Å². The van der Waals surface area contributed by atoms with Gasteiger partial charge in [-0.15, -0.1) is 0 Å². The van der Waals surface area contributed by atoms with Gasteiger partial charge in [-0.25, -0.2) is 0 Å². The molecule has 0 spiro atoms. The van der Waals surface area contributed by atoms with Gasteiger partial charge in [0.2, 0.25) is 0 Å². The number of carboxylic acids is 1. The van der Waals surface area contributed by atoms with Crippen LogP contribution in [0.1, 0.15) is 41.9 Å². The fraction of sp³-hybridized carbons (Fsp3) is 0.381. The number of hydrogen-bond donors (Lipinski definition) is 1. The Morgan fingerprint density at radius 3 is 2.63 bits per heavy atom. The molecule has 1 aromatic carbocycles. The highest BCUT2D eigenvalue weighted by atomic mass is 16.5. The van der Waals surface area contributed by atoms with Gasteiger partial charge in [-0.1, -0.05) is 26.0 Å². The smallest absolute Gasteiger partial charge is 0.305 e. The molecule has 1 aromatic heterocycles. The number of aryl methyl sites for hydroxylation is 1. The van der Waals surface area contributed by atoms with Crippen molar-refractivity contribution in [3.8, 4) is 5.75 Å². The number of nitrogens with zero attached hydrogens (tertiary/aromatic N) is 2. The number of amides is 1. The zero-order chi connectivity index (χ0) is 19.8. The van der Waals surface area contributed by atoms with E-state index in [2.05, 4.69) is 4.98 Å². The van der Waals surface area contributed by atoms with E-state index < -0.39 is 5.97 Å². The van der Waals surface area contributed by atoms with Gasteiger partial charge in [0.25, 0.3) is 5.91 Å². The lowest BCUT2D eigenvalue weighted by Gasteiger charge is -2.24. The zero-order valence-electron chi connectivity index (χ0n) is 16.0. The predicted molar refractivity (Wildman–Crippen MR) is 103 cm³/mol. The highest BCUT2D eigenvalue weighted by Crippen LogP contribution is 2.15. The van der Waals surface area contributed by atoms with Crippen molar-refractivity contribution in [2.45, 2.75) is 33.8 Å². The van der Waals surface area contributed by atoms with Gasteiger partial charge in [0.05, 0.1) is 12.6 Å². The second-order valence-electron chi connectivity index (χ2n) is 6.91. The van der Waals surface area contributed by atoms with E-state index in [4.69, 9.17) is 9.84 Å². The first-order valence-corrected chi connectivity index (χ1v) is 9.00. The van der Waals surface area contributed by atoms with Gasteiger partial charge in [0.1, 0.15) is 12.4 Å². The lowest BCUT2D eigenvalue weighted by atomic mass is 10.1. The number of carboxylic acid groups (broad SMARTS) is 1. The van der Waals surface area contributed by atoms with Crippen LogP contribution in [0.4, 0.5) is 0 Å². The Labute approximate surface area is 159 Å². The van der Waals surface area contributed by atoms with E-state index in [0.29, 0.717) is 24.5 Å². The molecular weight excluding hydrogens is 344 g/mol. The van der Waals surface area contributed by atoms with Crippen LogP contribution >= 0.6 is 0 Å². The summed E-state index contributed by atoms with van der Waals surface area (Å²) >= 11 is 0. The molecule has 144 valence electrons. The summed E-state index contributed by atoms with van der Waals surface area (Å²) in [5.41, 5.74) is 2.31. The second kappa shape index (κ2) is 9.71. The van der Waals surface area contributed by atoms with Crippen LogP contribution in [0.2, 0.25) is 0 Å². The average Bonchev–Trinajstić information content (AvgIpc) is 2.64. The molecule has 1 amide bonds. The van der Waals surface area contributed by atoms with Gasteiger partial charge in [-0.05, 0) is 42.7 Å². The lowest BCUT2D eigenvalue weighted by Crippen LogP contribution is -2.36. The van der Waals surface area contributed by atoms with Crippen LogP contribution in [0.3, 0.4) is 0 Å². The maximum atomic E-state index is 12.8. The van der Waals surface area contributed by atoms with Crippen LogP contribution in [-0.4, -0.2) is 40.0 Å². The summed E-state index contributed by atoms with van der Waals surface area (Å²) in [6.45, 7) is 6.95. The van der Waals surface area contributed by atoms with Gasteiger partial charge in [0.15, 0.2) is 0 Å². The third kappa shape index (κ3) is 6.73. The first kappa shape index (κ1) is 20.4. The Hall–Kier alpha value is -2.89.